The predicted molar refractivity (Wildman–Crippen MR) is 82.5 cm³/mol. The summed E-state index contributed by atoms with van der Waals surface area (Å²) in [5, 5.41) is 3.18. The van der Waals surface area contributed by atoms with Crippen LogP contribution >= 0.6 is 22.9 Å². The number of halogens is 1. The number of nitrogens with zero attached hydrogens (tertiary/aromatic N) is 2. The Bertz CT molecular complexity index is 496. The number of hydrogen-bond donors (Lipinski definition) is 0. The lowest BCUT2D eigenvalue weighted by Crippen LogP contribution is -2.29. The molecule has 0 saturated heterocycles. The molecule has 0 radical (unpaired) electrons. The normalized spacial score (nSPS) is 11.4. The summed E-state index contributed by atoms with van der Waals surface area (Å²) in [6.45, 7) is 6.28. The van der Waals surface area contributed by atoms with Gasteiger partial charge in [0.2, 0.25) is 0 Å². The molecule has 0 saturated carbocycles. The van der Waals surface area contributed by atoms with Crippen LogP contribution in [0.5, 0.6) is 0 Å². The van der Waals surface area contributed by atoms with Crippen LogP contribution in [0.2, 0.25) is 0 Å². The first-order chi connectivity index (χ1) is 9.19. The first kappa shape index (κ1) is 14.5. The molecule has 102 valence electrons. The van der Waals surface area contributed by atoms with Crippen LogP contribution in [0.15, 0.2) is 35.7 Å². The van der Waals surface area contributed by atoms with Crippen molar-refractivity contribution >= 4 is 22.9 Å². The van der Waals surface area contributed by atoms with Crippen LogP contribution in [0.25, 0.3) is 0 Å². The summed E-state index contributed by atoms with van der Waals surface area (Å²) in [5.41, 5.74) is 2.32. The van der Waals surface area contributed by atoms with E-state index in [1.807, 2.05) is 5.38 Å². The third-order valence-corrected chi connectivity index (χ3v) is 4.19. The number of aromatic nitrogens is 1. The molecule has 4 heteroatoms. The summed E-state index contributed by atoms with van der Waals surface area (Å²) in [6.07, 6.45) is 0. The SMILES string of the molecule is CC(C)N(Cc1ccccc1)Cc1nc(CCl)cs1. The highest BCUT2D eigenvalue weighted by atomic mass is 35.5. The third kappa shape index (κ3) is 4.30. The van der Waals surface area contributed by atoms with E-state index >= 15 is 0 Å². The van der Waals surface area contributed by atoms with Gasteiger partial charge in [-0.05, 0) is 19.4 Å². The Hall–Kier alpha value is -0.900. The summed E-state index contributed by atoms with van der Waals surface area (Å²) in [4.78, 5) is 6.96. The van der Waals surface area contributed by atoms with Gasteiger partial charge in [0, 0.05) is 18.0 Å². The molecule has 0 unspecified atom stereocenters. The fraction of sp³-hybridized carbons (Fsp3) is 0.400. The highest BCUT2D eigenvalue weighted by Crippen LogP contribution is 2.17. The van der Waals surface area contributed by atoms with E-state index < -0.39 is 0 Å². The molecule has 19 heavy (non-hydrogen) atoms. The number of hydrogen-bond acceptors (Lipinski definition) is 3. The topological polar surface area (TPSA) is 16.1 Å². The number of alkyl halides is 1. The van der Waals surface area contributed by atoms with Gasteiger partial charge in [-0.3, -0.25) is 4.90 Å². The number of thiazole rings is 1. The maximum Gasteiger partial charge on any atom is 0.107 e. The Labute approximate surface area is 124 Å². The molecule has 0 N–H and O–H groups in total. The van der Waals surface area contributed by atoms with Crippen LogP contribution in [0.3, 0.4) is 0 Å². The maximum atomic E-state index is 5.80. The Morgan fingerprint density at radius 2 is 1.95 bits per heavy atom. The van der Waals surface area contributed by atoms with Gasteiger partial charge in [0.15, 0.2) is 0 Å². The van der Waals surface area contributed by atoms with Gasteiger partial charge in [-0.25, -0.2) is 4.98 Å². The lowest BCUT2D eigenvalue weighted by molar-refractivity contribution is 0.203. The van der Waals surface area contributed by atoms with Crippen molar-refractivity contribution in [2.75, 3.05) is 0 Å². The van der Waals surface area contributed by atoms with E-state index in [9.17, 15) is 0 Å². The molecule has 0 bridgehead atoms. The van der Waals surface area contributed by atoms with E-state index in [2.05, 4.69) is 54.1 Å². The Balaban J connectivity index is 2.04. The maximum absolute atomic E-state index is 5.80. The van der Waals surface area contributed by atoms with Gasteiger partial charge in [0.1, 0.15) is 5.01 Å². The zero-order chi connectivity index (χ0) is 13.7. The van der Waals surface area contributed by atoms with Gasteiger partial charge in [0.25, 0.3) is 0 Å². The van der Waals surface area contributed by atoms with Crippen LogP contribution in [0, 0.1) is 0 Å². The molecule has 0 atom stereocenters. The zero-order valence-electron chi connectivity index (χ0n) is 11.3. The average Bonchev–Trinajstić information content (AvgIpc) is 2.87. The summed E-state index contributed by atoms with van der Waals surface area (Å²) in [6, 6.07) is 11.1. The van der Waals surface area contributed by atoms with Crippen molar-refractivity contribution in [1.82, 2.24) is 9.88 Å². The van der Waals surface area contributed by atoms with Crippen molar-refractivity contribution in [3.63, 3.8) is 0 Å². The minimum Gasteiger partial charge on any atom is -0.290 e. The van der Waals surface area contributed by atoms with Crippen molar-refractivity contribution in [3.8, 4) is 0 Å². The molecule has 0 amide bonds. The van der Waals surface area contributed by atoms with E-state index in [1.54, 1.807) is 11.3 Å². The number of benzene rings is 1. The van der Waals surface area contributed by atoms with Gasteiger partial charge >= 0.3 is 0 Å². The highest BCUT2D eigenvalue weighted by molar-refractivity contribution is 7.09. The standard InChI is InChI=1S/C15H19ClN2S/c1-12(2)18(9-13-6-4-3-5-7-13)10-15-17-14(8-16)11-19-15/h3-7,11-12H,8-10H2,1-2H3. The largest absolute Gasteiger partial charge is 0.290 e. The van der Waals surface area contributed by atoms with Gasteiger partial charge in [-0.15, -0.1) is 22.9 Å². The molecular formula is C15H19ClN2S. The van der Waals surface area contributed by atoms with Crippen molar-refractivity contribution in [3.05, 3.63) is 52.0 Å². The second-order valence-electron chi connectivity index (χ2n) is 4.85. The molecule has 2 rings (SSSR count). The number of rotatable bonds is 6. The van der Waals surface area contributed by atoms with Crippen LogP contribution in [-0.4, -0.2) is 15.9 Å². The Kier molecular flexibility index (Phi) is 5.37. The fourth-order valence-corrected chi connectivity index (χ4v) is 2.94. The van der Waals surface area contributed by atoms with E-state index in [0.29, 0.717) is 11.9 Å². The zero-order valence-corrected chi connectivity index (χ0v) is 12.9. The van der Waals surface area contributed by atoms with E-state index in [0.717, 1.165) is 23.8 Å². The van der Waals surface area contributed by atoms with Crippen LogP contribution in [-0.2, 0) is 19.0 Å². The molecule has 1 heterocycles. The lowest BCUT2D eigenvalue weighted by atomic mass is 10.2. The minimum atomic E-state index is 0.489. The summed E-state index contributed by atoms with van der Waals surface area (Å²) in [7, 11) is 0. The Morgan fingerprint density at radius 1 is 1.21 bits per heavy atom. The second kappa shape index (κ2) is 7.04. The summed E-state index contributed by atoms with van der Waals surface area (Å²) in [5.74, 6) is 0.497. The first-order valence-electron chi connectivity index (χ1n) is 6.46. The van der Waals surface area contributed by atoms with Crippen LogP contribution < -0.4 is 0 Å². The van der Waals surface area contributed by atoms with E-state index in [1.165, 1.54) is 5.56 Å². The quantitative estimate of drug-likeness (QED) is 0.739. The van der Waals surface area contributed by atoms with Gasteiger partial charge in [0.05, 0.1) is 18.1 Å². The van der Waals surface area contributed by atoms with Crippen molar-refractivity contribution < 1.29 is 0 Å². The van der Waals surface area contributed by atoms with Gasteiger partial charge in [-0.1, -0.05) is 30.3 Å². The van der Waals surface area contributed by atoms with E-state index in [-0.39, 0.29) is 0 Å². The van der Waals surface area contributed by atoms with Crippen molar-refractivity contribution in [2.24, 2.45) is 0 Å². The molecule has 0 spiro atoms. The van der Waals surface area contributed by atoms with Crippen LogP contribution in [0.1, 0.15) is 30.1 Å². The molecule has 0 aliphatic carbocycles. The average molecular weight is 295 g/mol. The Morgan fingerprint density at radius 3 is 2.53 bits per heavy atom. The molecule has 2 aromatic rings. The fourth-order valence-electron chi connectivity index (χ4n) is 1.90. The van der Waals surface area contributed by atoms with Crippen molar-refractivity contribution in [2.45, 2.75) is 38.9 Å². The second-order valence-corrected chi connectivity index (χ2v) is 6.06. The summed E-state index contributed by atoms with van der Waals surface area (Å²) < 4.78 is 0. The lowest BCUT2D eigenvalue weighted by Gasteiger charge is -2.25. The highest BCUT2D eigenvalue weighted by Gasteiger charge is 2.13. The monoisotopic (exact) mass is 294 g/mol. The predicted octanol–water partition coefficient (Wildman–Crippen LogP) is 4.29. The van der Waals surface area contributed by atoms with E-state index in [4.69, 9.17) is 11.6 Å². The third-order valence-electron chi connectivity index (χ3n) is 3.03. The molecule has 2 nitrogen and oxygen atoms in total. The van der Waals surface area contributed by atoms with Gasteiger partial charge < -0.3 is 0 Å². The molecule has 1 aromatic heterocycles. The molecular weight excluding hydrogens is 276 g/mol. The molecule has 1 aromatic carbocycles. The van der Waals surface area contributed by atoms with Crippen molar-refractivity contribution in [1.29, 1.82) is 0 Å². The molecule has 0 aliphatic rings. The minimum absolute atomic E-state index is 0.489. The van der Waals surface area contributed by atoms with Gasteiger partial charge in [-0.2, -0.15) is 0 Å². The van der Waals surface area contributed by atoms with Crippen LogP contribution in [0.4, 0.5) is 0 Å². The summed E-state index contributed by atoms with van der Waals surface area (Å²) >= 11 is 7.49. The first-order valence-corrected chi connectivity index (χ1v) is 7.87. The molecule has 0 aliphatic heterocycles. The smallest absolute Gasteiger partial charge is 0.107 e. The molecule has 0 fully saturated rings.